The van der Waals surface area contributed by atoms with E-state index in [1.165, 1.54) is 66.1 Å². The summed E-state index contributed by atoms with van der Waals surface area (Å²) in [6.45, 7) is 0. The topological polar surface area (TPSA) is 17.8 Å². The van der Waals surface area contributed by atoms with Gasteiger partial charge in [0.1, 0.15) is 0 Å². The van der Waals surface area contributed by atoms with Crippen LogP contribution in [0, 0.1) is 0 Å². The summed E-state index contributed by atoms with van der Waals surface area (Å²) in [4.78, 5) is 5.17. The van der Waals surface area contributed by atoms with Gasteiger partial charge < -0.3 is 4.57 Å². The lowest BCUT2D eigenvalue weighted by Crippen LogP contribution is -1.92. The van der Waals surface area contributed by atoms with Crippen molar-refractivity contribution >= 4 is 32.6 Å². The third-order valence-corrected chi connectivity index (χ3v) is 8.55. The Morgan fingerprint density at radius 2 is 1.15 bits per heavy atom. The fraction of sp³-hybridized carbons (Fsp3) is 0. The van der Waals surface area contributed by atoms with E-state index in [9.17, 15) is 0 Å². The lowest BCUT2D eigenvalue weighted by atomic mass is 10.00. The molecule has 0 unspecified atom stereocenters. The van der Waals surface area contributed by atoms with E-state index in [2.05, 4.69) is 150 Å². The Morgan fingerprint density at radius 1 is 0.439 bits per heavy atom. The quantitative estimate of drug-likeness (QED) is 0.227. The molecule has 6 aromatic carbocycles. The molecule has 9 rings (SSSR count). The molecule has 190 valence electrons. The van der Waals surface area contributed by atoms with Crippen molar-refractivity contribution in [2.45, 2.75) is 0 Å². The molecule has 0 amide bonds. The summed E-state index contributed by atoms with van der Waals surface area (Å²) in [7, 11) is 0. The van der Waals surface area contributed by atoms with Gasteiger partial charge in [0.15, 0.2) is 0 Å². The minimum atomic E-state index is 1.00. The number of hydrogen-bond acceptors (Lipinski definition) is 1. The van der Waals surface area contributed by atoms with Crippen LogP contribution < -0.4 is 0 Å². The summed E-state index contributed by atoms with van der Waals surface area (Å²) in [5.41, 5.74) is 13.0. The van der Waals surface area contributed by atoms with E-state index in [4.69, 9.17) is 4.98 Å². The number of pyridine rings is 1. The second-order valence-electron chi connectivity index (χ2n) is 10.8. The molecule has 0 spiro atoms. The van der Waals surface area contributed by atoms with E-state index >= 15 is 0 Å². The van der Waals surface area contributed by atoms with Crippen molar-refractivity contribution < 1.29 is 0 Å². The molecule has 8 aromatic rings. The predicted molar refractivity (Wildman–Crippen MR) is 171 cm³/mol. The van der Waals surface area contributed by atoms with Crippen LogP contribution in [-0.2, 0) is 0 Å². The van der Waals surface area contributed by atoms with E-state index in [1.807, 2.05) is 0 Å². The third-order valence-electron chi connectivity index (χ3n) is 8.55. The molecule has 2 aromatic heterocycles. The number of hydrogen-bond donors (Lipinski definition) is 0. The van der Waals surface area contributed by atoms with E-state index in [-0.39, 0.29) is 0 Å². The summed E-state index contributed by atoms with van der Waals surface area (Å²) < 4.78 is 2.36. The number of fused-ring (bicyclic) bond motifs is 6. The van der Waals surface area contributed by atoms with Gasteiger partial charge in [0.25, 0.3) is 0 Å². The Morgan fingerprint density at radius 3 is 2.00 bits per heavy atom. The number of nitrogens with zero attached hydrogens (tertiary/aromatic N) is 2. The molecule has 0 fully saturated rings. The molecule has 0 N–H and O–H groups in total. The zero-order valence-corrected chi connectivity index (χ0v) is 22.3. The van der Waals surface area contributed by atoms with Crippen molar-refractivity contribution in [3.8, 4) is 50.5 Å². The van der Waals surface area contributed by atoms with E-state index in [1.54, 1.807) is 0 Å². The molecular weight excluding hydrogens is 496 g/mol. The van der Waals surface area contributed by atoms with Crippen LogP contribution in [0.25, 0.3) is 83.0 Å². The van der Waals surface area contributed by atoms with Gasteiger partial charge in [-0.05, 0) is 69.9 Å². The molecule has 2 heteroatoms. The molecule has 0 radical (unpaired) electrons. The monoisotopic (exact) mass is 520 g/mol. The van der Waals surface area contributed by atoms with Gasteiger partial charge in [0.2, 0.25) is 0 Å². The number of para-hydroxylation sites is 2. The van der Waals surface area contributed by atoms with Gasteiger partial charge >= 0.3 is 0 Å². The number of benzene rings is 6. The van der Waals surface area contributed by atoms with Crippen molar-refractivity contribution in [3.63, 3.8) is 0 Å². The van der Waals surface area contributed by atoms with Crippen LogP contribution in [0.5, 0.6) is 0 Å². The molecule has 0 bridgehead atoms. The molecule has 1 aliphatic carbocycles. The SMILES string of the molecule is c1ccc(-n2c3ccccc3c3cc(-c4ccc(-c5ccc6c(n5)-c5cccc7cccc-6c57)cc4)ccc32)cc1. The molecule has 0 atom stereocenters. The fourth-order valence-electron chi connectivity index (χ4n) is 6.65. The maximum absolute atomic E-state index is 5.17. The lowest BCUT2D eigenvalue weighted by molar-refractivity contribution is 1.18. The van der Waals surface area contributed by atoms with Crippen molar-refractivity contribution in [2.24, 2.45) is 0 Å². The Hall–Kier alpha value is -5.47. The Balaban J connectivity index is 1.12. The highest BCUT2D eigenvalue weighted by molar-refractivity contribution is 6.14. The average Bonchev–Trinajstić information content (AvgIpc) is 3.55. The van der Waals surface area contributed by atoms with Gasteiger partial charge in [-0.3, -0.25) is 0 Å². The van der Waals surface area contributed by atoms with Crippen molar-refractivity contribution in [3.05, 3.63) is 146 Å². The number of aromatic nitrogens is 2. The number of rotatable bonds is 3. The Kier molecular flexibility index (Phi) is 4.64. The molecule has 2 nitrogen and oxygen atoms in total. The first-order valence-electron chi connectivity index (χ1n) is 14.1. The highest BCUT2D eigenvalue weighted by atomic mass is 15.0. The van der Waals surface area contributed by atoms with Gasteiger partial charge in [-0.2, -0.15) is 0 Å². The zero-order valence-electron chi connectivity index (χ0n) is 22.3. The lowest BCUT2D eigenvalue weighted by Gasteiger charge is -2.09. The minimum Gasteiger partial charge on any atom is -0.309 e. The third kappa shape index (κ3) is 3.28. The summed E-state index contributed by atoms with van der Waals surface area (Å²) in [6, 6.07) is 52.4. The summed E-state index contributed by atoms with van der Waals surface area (Å²) >= 11 is 0. The Bertz CT molecular complexity index is 2290. The van der Waals surface area contributed by atoms with Crippen LogP contribution in [0.1, 0.15) is 0 Å². The summed E-state index contributed by atoms with van der Waals surface area (Å²) in [6.07, 6.45) is 0. The maximum atomic E-state index is 5.17. The van der Waals surface area contributed by atoms with Crippen LogP contribution in [0.15, 0.2) is 146 Å². The van der Waals surface area contributed by atoms with E-state index in [0.29, 0.717) is 0 Å². The first kappa shape index (κ1) is 22.4. The van der Waals surface area contributed by atoms with Gasteiger partial charge in [-0.15, -0.1) is 0 Å². The van der Waals surface area contributed by atoms with Crippen molar-refractivity contribution in [2.75, 3.05) is 0 Å². The average molecular weight is 521 g/mol. The normalized spacial score (nSPS) is 11.9. The smallest absolute Gasteiger partial charge is 0.0794 e. The summed E-state index contributed by atoms with van der Waals surface area (Å²) in [5, 5.41) is 5.12. The molecule has 1 aliphatic rings. The zero-order chi connectivity index (χ0) is 26.9. The van der Waals surface area contributed by atoms with E-state index in [0.717, 1.165) is 17.0 Å². The minimum absolute atomic E-state index is 1.00. The van der Waals surface area contributed by atoms with Gasteiger partial charge in [-0.25, -0.2) is 4.98 Å². The van der Waals surface area contributed by atoms with Gasteiger partial charge in [0, 0.05) is 33.2 Å². The highest BCUT2D eigenvalue weighted by Gasteiger charge is 2.22. The van der Waals surface area contributed by atoms with Gasteiger partial charge in [0.05, 0.1) is 22.4 Å². The molecule has 0 saturated heterocycles. The molecule has 41 heavy (non-hydrogen) atoms. The van der Waals surface area contributed by atoms with E-state index < -0.39 is 0 Å². The van der Waals surface area contributed by atoms with Gasteiger partial charge in [-0.1, -0.05) is 103 Å². The highest BCUT2D eigenvalue weighted by Crippen LogP contribution is 2.46. The molecule has 0 aliphatic heterocycles. The van der Waals surface area contributed by atoms with Crippen LogP contribution in [0.2, 0.25) is 0 Å². The molecule has 2 heterocycles. The fourth-order valence-corrected chi connectivity index (χ4v) is 6.65. The van der Waals surface area contributed by atoms with Crippen molar-refractivity contribution in [1.82, 2.24) is 9.55 Å². The predicted octanol–water partition coefficient (Wildman–Crippen LogP) is 10.3. The summed E-state index contributed by atoms with van der Waals surface area (Å²) in [5.74, 6) is 0. The Labute approximate surface area is 237 Å². The second kappa shape index (κ2) is 8.51. The molecule has 0 saturated carbocycles. The second-order valence-corrected chi connectivity index (χ2v) is 10.8. The van der Waals surface area contributed by atoms with Crippen LogP contribution >= 0.6 is 0 Å². The largest absolute Gasteiger partial charge is 0.309 e. The van der Waals surface area contributed by atoms with Crippen LogP contribution in [0.4, 0.5) is 0 Å². The molecular formula is C39H24N2. The first-order valence-corrected chi connectivity index (χ1v) is 14.1. The van der Waals surface area contributed by atoms with Crippen LogP contribution in [0.3, 0.4) is 0 Å². The standard InChI is InChI=1S/C39H24N2/c1-2-10-29(11-3-1)41-36-15-5-4-12-30(36)34-24-28(20-23-37(34)41)25-16-18-26(19-17-25)35-22-21-32-31-13-6-8-27-9-7-14-33(38(27)31)39(32)40-35/h1-24H. The van der Waals surface area contributed by atoms with Crippen molar-refractivity contribution in [1.29, 1.82) is 0 Å². The maximum Gasteiger partial charge on any atom is 0.0794 e. The van der Waals surface area contributed by atoms with Crippen LogP contribution in [-0.4, -0.2) is 9.55 Å². The first-order chi connectivity index (χ1) is 20.3.